The average molecular weight is 493 g/mol. The second-order valence-corrected chi connectivity index (χ2v) is 8.52. The van der Waals surface area contributed by atoms with E-state index >= 15 is 0 Å². The standard InChI is InChI=1S/C21H31N8O4P/c30-15-8-18(33-16(15)10-32-34)29-13-28-19-20(26-12-27-21(19)29)24-6-4-2-1-3-5-23-17(31)7-14-9-22-11-25-14/h9,11-13,15-16,18,30H,1-8,10,34H2,(H,22,25)(H,23,31)(H,24,26,27)/i34T. The molecule has 4 atom stereocenters. The second-order valence-electron chi connectivity index (χ2n) is 8.23. The molecule has 3 aromatic heterocycles. The van der Waals surface area contributed by atoms with E-state index in [2.05, 4.69) is 35.6 Å². The summed E-state index contributed by atoms with van der Waals surface area (Å²) in [5.74, 6) is 0.659. The summed E-state index contributed by atoms with van der Waals surface area (Å²) in [6, 6.07) is 0. The zero-order valence-corrected chi connectivity index (χ0v) is 19.8. The highest BCUT2D eigenvalue weighted by atomic mass is 31.0. The number of carbonyl (C=O) groups excluding carboxylic acids is 1. The van der Waals surface area contributed by atoms with Crippen LogP contribution in [0.4, 0.5) is 5.82 Å². The summed E-state index contributed by atoms with van der Waals surface area (Å²) in [4.78, 5) is 31.8. The van der Waals surface area contributed by atoms with Gasteiger partial charge in [-0.3, -0.25) is 9.36 Å². The van der Waals surface area contributed by atoms with Crippen LogP contribution in [0.3, 0.4) is 0 Å². The first kappa shape index (κ1) is 23.1. The van der Waals surface area contributed by atoms with Gasteiger partial charge in [-0.2, -0.15) is 0 Å². The molecule has 1 fully saturated rings. The van der Waals surface area contributed by atoms with Crippen molar-refractivity contribution in [2.24, 2.45) is 0 Å². The minimum absolute atomic E-state index is 0.00214. The molecule has 0 spiro atoms. The zero-order valence-electron chi connectivity index (χ0n) is 19.8. The third-order valence-electron chi connectivity index (χ3n) is 5.74. The average Bonchev–Trinajstić information content (AvgIpc) is 3.60. The molecule has 4 rings (SSSR count). The predicted molar refractivity (Wildman–Crippen MR) is 128 cm³/mol. The Kier molecular flexibility index (Phi) is 8.26. The van der Waals surface area contributed by atoms with Crippen molar-refractivity contribution in [3.05, 3.63) is 30.9 Å². The SMILES string of the molecule is [3H]POCC1OC(n2cnc3c(NCCCCCCNC(=O)Cc4cnc[nH]4)ncnc32)CC1O. The minimum atomic E-state index is -0.669. The summed E-state index contributed by atoms with van der Waals surface area (Å²) >= 11 is 0. The lowest BCUT2D eigenvalue weighted by Crippen LogP contribution is -2.26. The van der Waals surface area contributed by atoms with Gasteiger partial charge in [0.2, 0.25) is 5.91 Å². The number of fused-ring (bicyclic) bond motifs is 1. The third-order valence-corrected chi connectivity index (χ3v) is 5.91. The van der Waals surface area contributed by atoms with Gasteiger partial charge in [0.05, 0.1) is 33.1 Å². The molecule has 1 aliphatic heterocycles. The molecular formula is C21H31N8O4P. The Morgan fingerprint density at radius 3 is 3.03 bits per heavy atom. The van der Waals surface area contributed by atoms with Crippen molar-refractivity contribution in [3.8, 4) is 0 Å². The van der Waals surface area contributed by atoms with Crippen LogP contribution < -0.4 is 10.6 Å². The molecule has 4 heterocycles. The van der Waals surface area contributed by atoms with Crippen LogP contribution in [0.25, 0.3) is 11.2 Å². The number of ether oxygens (including phenoxy) is 1. The van der Waals surface area contributed by atoms with Gasteiger partial charge in [-0.25, -0.2) is 19.9 Å². The number of rotatable bonds is 14. The van der Waals surface area contributed by atoms with Gasteiger partial charge in [-0.1, -0.05) is 12.8 Å². The lowest BCUT2D eigenvalue weighted by atomic mass is 10.2. The minimum Gasteiger partial charge on any atom is -0.390 e. The zero-order chi connectivity index (χ0) is 24.5. The molecule has 0 radical (unpaired) electrons. The molecule has 184 valence electrons. The van der Waals surface area contributed by atoms with Crippen LogP contribution in [-0.2, 0) is 20.5 Å². The van der Waals surface area contributed by atoms with Crippen LogP contribution in [0.2, 0.25) is 0 Å². The second kappa shape index (κ2) is 12.2. The molecule has 0 aliphatic carbocycles. The molecule has 1 aliphatic rings. The van der Waals surface area contributed by atoms with Crippen molar-refractivity contribution in [1.29, 1.82) is 1.28 Å². The van der Waals surface area contributed by atoms with Crippen molar-refractivity contribution in [2.75, 3.05) is 25.0 Å². The van der Waals surface area contributed by atoms with Gasteiger partial charge in [0.1, 0.15) is 18.7 Å². The molecule has 4 N–H and O–H groups in total. The summed E-state index contributed by atoms with van der Waals surface area (Å²) in [7, 11) is -0.394. The van der Waals surface area contributed by atoms with E-state index in [-0.39, 0.29) is 12.5 Å². The topological polar surface area (TPSA) is 152 Å². The first-order chi connectivity index (χ1) is 17.2. The highest BCUT2D eigenvalue weighted by Gasteiger charge is 2.35. The van der Waals surface area contributed by atoms with Crippen LogP contribution in [0.5, 0.6) is 0 Å². The Morgan fingerprint density at radius 1 is 1.32 bits per heavy atom. The van der Waals surface area contributed by atoms with Crippen molar-refractivity contribution >= 4 is 32.3 Å². The van der Waals surface area contributed by atoms with Gasteiger partial charge in [0, 0.05) is 40.8 Å². The normalized spacial score (nSPS) is 20.9. The summed E-state index contributed by atoms with van der Waals surface area (Å²) in [6.45, 7) is 1.60. The number of aliphatic hydroxyl groups is 1. The number of nitrogens with zero attached hydrogens (tertiary/aromatic N) is 5. The Balaban J connectivity index is 1.17. The maximum absolute atomic E-state index is 11.8. The van der Waals surface area contributed by atoms with Crippen LogP contribution in [0.15, 0.2) is 25.2 Å². The van der Waals surface area contributed by atoms with E-state index in [0.717, 1.165) is 37.9 Å². The highest BCUT2D eigenvalue weighted by molar-refractivity contribution is 7.09. The van der Waals surface area contributed by atoms with Gasteiger partial charge in [0.25, 0.3) is 0 Å². The summed E-state index contributed by atoms with van der Waals surface area (Å²) in [5, 5.41) is 16.5. The number of hydrogen-bond acceptors (Lipinski definition) is 9. The van der Waals surface area contributed by atoms with Gasteiger partial charge in [-0.05, 0) is 12.8 Å². The number of carbonyl (C=O) groups is 1. The van der Waals surface area contributed by atoms with E-state index in [1.54, 1.807) is 23.4 Å². The van der Waals surface area contributed by atoms with E-state index < -0.39 is 27.8 Å². The molecule has 0 saturated carbocycles. The maximum Gasteiger partial charge on any atom is 0.225 e. The van der Waals surface area contributed by atoms with E-state index in [1.807, 2.05) is 0 Å². The van der Waals surface area contributed by atoms with E-state index in [1.165, 1.54) is 6.33 Å². The molecule has 3 aromatic rings. The molecular weight excluding hydrogens is 459 g/mol. The fraction of sp³-hybridized carbons (Fsp3) is 0.571. The fourth-order valence-corrected chi connectivity index (χ4v) is 4.13. The first-order valence-corrected chi connectivity index (χ1v) is 11.8. The number of H-pyrrole nitrogens is 1. The molecule has 1 saturated heterocycles. The number of anilines is 1. The number of aromatic amines is 1. The van der Waals surface area contributed by atoms with Crippen molar-refractivity contribution in [3.63, 3.8) is 0 Å². The van der Waals surface area contributed by atoms with Crippen LogP contribution in [0, 0.1) is 0 Å². The van der Waals surface area contributed by atoms with Crippen LogP contribution in [0.1, 0.15) is 44.0 Å². The fourth-order valence-electron chi connectivity index (χ4n) is 3.97. The van der Waals surface area contributed by atoms with Crippen molar-refractivity contribution in [2.45, 2.75) is 57.0 Å². The van der Waals surface area contributed by atoms with E-state index in [9.17, 15) is 9.90 Å². The number of unbranched alkanes of at least 4 members (excludes halogenated alkanes) is 3. The molecule has 13 heteroatoms. The quantitative estimate of drug-likeness (QED) is 0.193. The van der Waals surface area contributed by atoms with Gasteiger partial charge < -0.3 is 30.0 Å². The van der Waals surface area contributed by atoms with Crippen molar-refractivity contribution in [1.82, 2.24) is 34.8 Å². The summed E-state index contributed by atoms with van der Waals surface area (Å²) in [6.07, 6.45) is 9.48. The number of nitrogens with one attached hydrogen (secondary N) is 3. The first-order valence-electron chi connectivity index (χ1n) is 11.9. The van der Waals surface area contributed by atoms with Crippen LogP contribution >= 0.6 is 9.41 Å². The molecule has 0 bridgehead atoms. The number of imidazole rings is 2. The largest absolute Gasteiger partial charge is 0.390 e. The van der Waals surface area contributed by atoms with Gasteiger partial charge in [0.15, 0.2) is 17.0 Å². The van der Waals surface area contributed by atoms with Gasteiger partial charge in [-0.15, -0.1) is 0 Å². The predicted octanol–water partition coefficient (Wildman–Crippen LogP) is 1.34. The smallest absolute Gasteiger partial charge is 0.225 e. The van der Waals surface area contributed by atoms with Gasteiger partial charge >= 0.3 is 0 Å². The molecule has 34 heavy (non-hydrogen) atoms. The summed E-state index contributed by atoms with van der Waals surface area (Å²) < 4.78 is 19.9. The third kappa shape index (κ3) is 6.26. The number of aliphatic hydroxyl groups excluding tert-OH is 1. The van der Waals surface area contributed by atoms with Crippen LogP contribution in [-0.4, -0.2) is 73.7 Å². The number of hydrogen-bond donors (Lipinski definition) is 4. The van der Waals surface area contributed by atoms with E-state index in [4.69, 9.17) is 10.5 Å². The maximum atomic E-state index is 11.8. The monoisotopic (exact) mass is 492 g/mol. The number of amides is 1. The Labute approximate surface area is 200 Å². The molecule has 1 amide bonds. The Hall–Kier alpha value is -2.66. The molecule has 12 nitrogen and oxygen atoms in total. The van der Waals surface area contributed by atoms with Crippen molar-refractivity contribution < 1.29 is 19.2 Å². The molecule has 0 aromatic carbocycles. The van der Waals surface area contributed by atoms with E-state index in [0.29, 0.717) is 36.4 Å². The highest BCUT2D eigenvalue weighted by Crippen LogP contribution is 2.32. The summed E-state index contributed by atoms with van der Waals surface area (Å²) in [5.41, 5.74) is 2.09. The Morgan fingerprint density at radius 2 is 2.21 bits per heavy atom. The molecule has 4 unspecified atom stereocenters. The number of aromatic nitrogens is 6. The Bertz CT molecular complexity index is 1070. The lowest BCUT2D eigenvalue weighted by molar-refractivity contribution is -0.120. The lowest BCUT2D eigenvalue weighted by Gasteiger charge is -2.14.